The van der Waals surface area contributed by atoms with Gasteiger partial charge in [-0.15, -0.1) is 12.4 Å². The molecule has 7 N–H and O–H groups in total. The number of hydrogen-bond acceptors (Lipinski definition) is 19. The lowest BCUT2D eigenvalue weighted by Crippen LogP contribution is -2.49. The van der Waals surface area contributed by atoms with E-state index in [2.05, 4.69) is 56.4 Å². The molecule has 2 aliphatic rings. The number of aliphatic hydroxyl groups excluding tert-OH is 1. The predicted molar refractivity (Wildman–Crippen MR) is 383 cm³/mol. The molecule has 0 atom stereocenters. The number of piperazine rings is 2. The van der Waals surface area contributed by atoms with Gasteiger partial charge in [-0.05, 0) is 127 Å². The maximum Gasteiger partial charge on any atom is 0.335 e. The van der Waals surface area contributed by atoms with Gasteiger partial charge in [-0.1, -0.05) is 84.9 Å². The molecule has 2 fully saturated rings. The summed E-state index contributed by atoms with van der Waals surface area (Å²) in [6.07, 6.45) is 4.97. The summed E-state index contributed by atoms with van der Waals surface area (Å²) >= 11 is 0. The summed E-state index contributed by atoms with van der Waals surface area (Å²) in [4.78, 5) is 52.7. The molecule has 508 valence electrons. The van der Waals surface area contributed by atoms with Crippen LogP contribution in [0.5, 0.6) is 11.5 Å². The van der Waals surface area contributed by atoms with Crippen molar-refractivity contribution in [1.29, 1.82) is 0 Å². The molecule has 5 heterocycles. The van der Waals surface area contributed by atoms with Gasteiger partial charge in [0.2, 0.25) is 0 Å². The van der Waals surface area contributed by atoms with E-state index in [1.165, 1.54) is 54.2 Å². The van der Waals surface area contributed by atoms with E-state index in [4.69, 9.17) is 26.3 Å². The molecule has 8 aromatic carbocycles. The number of fused-ring (bicyclic) bond motifs is 3. The highest BCUT2D eigenvalue weighted by Gasteiger charge is 2.25. The Kier molecular flexibility index (Phi) is 25.8. The number of carboxylic acids is 1. The smallest absolute Gasteiger partial charge is 0.335 e. The van der Waals surface area contributed by atoms with Gasteiger partial charge in [0.05, 0.1) is 73.3 Å². The SMILES string of the molecule is COc1ccccc1N1CCNCC1.Cl.Nc1cccc2cccnc12.O=C(O)c1ccc(S(=O)(=O)Cl)cc1.O=C(c1ccc(S(=O)(=O)Nc2cccc3cccnc23)cc1)N1CCN(c2ccccc2CO)CC1.O=COc1ccc(S(=O)(=O)Nc2cccc3cccnc23)cc1. The Bertz CT molecular complexity index is 4870. The number of hydrogen-bond donors (Lipinski definition) is 6. The summed E-state index contributed by atoms with van der Waals surface area (Å²) in [6.45, 7) is 6.84. The van der Waals surface area contributed by atoms with Crippen LogP contribution in [0.25, 0.3) is 32.7 Å². The Labute approximate surface area is 577 Å². The molecule has 0 spiro atoms. The third kappa shape index (κ3) is 19.4. The fourth-order valence-electron chi connectivity index (χ4n) is 10.3. The van der Waals surface area contributed by atoms with E-state index >= 15 is 0 Å². The minimum absolute atomic E-state index is 0. The molecular weight excluding hydrogens is 1360 g/mol. The zero-order valence-corrected chi connectivity index (χ0v) is 56.6. The Morgan fingerprint density at radius 3 is 1.50 bits per heavy atom. The van der Waals surface area contributed by atoms with Gasteiger partial charge < -0.3 is 45.4 Å². The van der Waals surface area contributed by atoms with Gasteiger partial charge in [-0.3, -0.25) is 34.0 Å². The Morgan fingerprint density at radius 1 is 0.551 bits per heavy atom. The Balaban J connectivity index is 0.000000169. The quantitative estimate of drug-likeness (QED) is 0.0315. The van der Waals surface area contributed by atoms with Gasteiger partial charge in [0.15, 0.2) is 0 Å². The van der Waals surface area contributed by atoms with Crippen molar-refractivity contribution in [1.82, 2.24) is 25.2 Å². The topological polar surface area (TPSA) is 323 Å². The van der Waals surface area contributed by atoms with Gasteiger partial charge in [-0.2, -0.15) is 0 Å². The molecule has 28 heteroatoms. The molecule has 0 unspecified atom stereocenters. The first-order chi connectivity index (χ1) is 46.8. The first kappa shape index (κ1) is 73.4. The molecule has 0 aliphatic carbocycles. The second-order valence-corrected chi connectivity index (χ2v) is 27.3. The molecule has 13 rings (SSSR count). The van der Waals surface area contributed by atoms with Crippen molar-refractivity contribution in [3.8, 4) is 11.5 Å². The van der Waals surface area contributed by atoms with Crippen LogP contribution in [-0.2, 0) is 40.5 Å². The summed E-state index contributed by atoms with van der Waals surface area (Å²) in [5.74, 6) is -0.0149. The molecule has 3 aromatic heterocycles. The van der Waals surface area contributed by atoms with Crippen LogP contribution < -0.4 is 39.8 Å². The van der Waals surface area contributed by atoms with Crippen LogP contribution in [0.3, 0.4) is 0 Å². The number of halogens is 2. The summed E-state index contributed by atoms with van der Waals surface area (Å²) in [5.41, 5.74) is 12.8. The summed E-state index contributed by atoms with van der Waals surface area (Å²) in [7, 11) is -4.66. The van der Waals surface area contributed by atoms with Crippen LogP contribution in [-0.4, -0.2) is 133 Å². The van der Waals surface area contributed by atoms with E-state index in [1.54, 1.807) is 79.1 Å². The lowest BCUT2D eigenvalue weighted by atomic mass is 10.1. The number of nitrogen functional groups attached to an aromatic ring is 1. The van der Waals surface area contributed by atoms with E-state index in [9.17, 15) is 44.7 Å². The van der Waals surface area contributed by atoms with Crippen molar-refractivity contribution in [3.63, 3.8) is 0 Å². The number of amides is 1. The number of rotatable bonds is 15. The Morgan fingerprint density at radius 2 is 1.00 bits per heavy atom. The largest absolute Gasteiger partial charge is 0.495 e. The number of para-hydroxylation sites is 6. The van der Waals surface area contributed by atoms with Crippen LogP contribution in [0, 0.1) is 0 Å². The van der Waals surface area contributed by atoms with Crippen molar-refractivity contribution >= 4 is 132 Å². The number of nitrogens with two attached hydrogens (primary N) is 1. The van der Waals surface area contributed by atoms with Crippen molar-refractivity contribution in [2.75, 3.05) is 84.4 Å². The van der Waals surface area contributed by atoms with Gasteiger partial charge in [-0.25, -0.2) is 30.0 Å². The van der Waals surface area contributed by atoms with Gasteiger partial charge in [0.1, 0.15) is 11.5 Å². The van der Waals surface area contributed by atoms with E-state index in [1.807, 2.05) is 91.0 Å². The van der Waals surface area contributed by atoms with E-state index < -0.39 is 35.1 Å². The lowest BCUT2D eigenvalue weighted by molar-refractivity contribution is -0.120. The van der Waals surface area contributed by atoms with Crippen LogP contribution in [0.2, 0.25) is 0 Å². The number of nitrogens with zero attached hydrogens (tertiary/aromatic N) is 6. The first-order valence-electron chi connectivity index (χ1n) is 30.0. The molecule has 98 heavy (non-hydrogen) atoms. The average molecular weight is 1420 g/mol. The number of aromatic carboxylic acids is 1. The van der Waals surface area contributed by atoms with Crippen LogP contribution in [0.4, 0.5) is 28.4 Å². The molecule has 2 saturated heterocycles. The standard InChI is InChI=1S/C27H26N4O4S.C16H12N2O4S.C11H16N2O.C9H8N2.C7H5ClO4S.ClH/c32-19-22-5-1-2-9-25(22)30-15-17-31(18-16-30)27(33)21-10-12-23(13-11-21)36(34,35)29-24-8-3-6-20-7-4-14-28-26(20)24;19-11-22-13-6-8-14(9-7-13)23(20,21)18-15-5-1-3-12-4-2-10-17-16(12)15;1-14-11-5-3-2-4-10(11)13-8-6-12-7-9-13;10-8-5-1-3-7-4-2-6-11-9(7)8;8-13(11,12)6-3-1-5(2-4-6)7(9)10;/h1-14,29,32H,15-19H2;1-11,18H;2-5,12H,6-9H2,1H3;1-6H,10H2;1-4H,(H,9,10);1H. The summed E-state index contributed by atoms with van der Waals surface area (Å²) < 4.78 is 87.5. The van der Waals surface area contributed by atoms with Crippen LogP contribution in [0.1, 0.15) is 26.3 Å². The number of aromatic nitrogens is 3. The number of carbonyl (C=O) groups excluding carboxylic acids is 2. The fraction of sp³-hybridized carbons (Fsp3) is 0.143. The molecule has 11 aromatic rings. The summed E-state index contributed by atoms with van der Waals surface area (Å²) in [5, 5.41) is 24.2. The highest BCUT2D eigenvalue weighted by Crippen LogP contribution is 2.30. The highest BCUT2D eigenvalue weighted by molar-refractivity contribution is 8.13. The number of aliphatic hydroxyl groups is 1. The monoisotopic (exact) mass is 1420 g/mol. The van der Waals surface area contributed by atoms with E-state index in [0.717, 1.165) is 82.7 Å². The van der Waals surface area contributed by atoms with Crippen LogP contribution in [0.15, 0.2) is 246 Å². The molecule has 0 radical (unpaired) electrons. The van der Waals surface area contributed by atoms with Gasteiger partial charge >= 0.3 is 5.97 Å². The Hall–Kier alpha value is -10.5. The number of nitrogens with one attached hydrogen (secondary N) is 3. The zero-order chi connectivity index (χ0) is 69.0. The number of anilines is 5. The van der Waals surface area contributed by atoms with Crippen molar-refractivity contribution in [2.24, 2.45) is 0 Å². The minimum atomic E-state index is -3.86. The zero-order valence-electron chi connectivity index (χ0n) is 52.5. The lowest BCUT2D eigenvalue weighted by Gasteiger charge is -2.37. The molecule has 23 nitrogen and oxygen atoms in total. The molecule has 1 amide bonds. The molecular formula is C70H68Cl2N10O13S3. The predicted octanol–water partition coefficient (Wildman–Crippen LogP) is 10.7. The van der Waals surface area contributed by atoms with Crippen molar-refractivity contribution in [2.45, 2.75) is 21.3 Å². The first-order valence-corrected chi connectivity index (χ1v) is 35.3. The minimum Gasteiger partial charge on any atom is -0.495 e. The second-order valence-electron chi connectivity index (χ2n) is 21.3. The maximum atomic E-state index is 13.1. The fourth-order valence-corrected chi connectivity index (χ4v) is 13.2. The molecule has 2 aliphatic heterocycles. The molecule has 0 bridgehead atoms. The van der Waals surface area contributed by atoms with E-state index in [0.29, 0.717) is 54.2 Å². The van der Waals surface area contributed by atoms with Crippen molar-refractivity contribution < 1.29 is 59.3 Å². The number of methoxy groups -OCH3 is 1. The summed E-state index contributed by atoms with van der Waals surface area (Å²) in [6, 6.07) is 59.6. The number of ether oxygens (including phenoxy) is 2. The average Bonchev–Trinajstić information content (AvgIpc) is 0.802. The number of sulfonamides is 2. The van der Waals surface area contributed by atoms with Crippen molar-refractivity contribution in [3.05, 3.63) is 248 Å². The second kappa shape index (κ2) is 34.5. The maximum absolute atomic E-state index is 13.1. The third-order valence-electron chi connectivity index (χ3n) is 15.1. The molecule has 0 saturated carbocycles. The van der Waals surface area contributed by atoms with Gasteiger partial charge in [0.25, 0.3) is 41.5 Å². The number of carbonyl (C=O) groups is 3. The number of carboxylic acid groups (broad SMARTS) is 1. The highest BCUT2D eigenvalue weighted by atomic mass is 35.7. The normalized spacial score (nSPS) is 12.8. The number of pyridine rings is 3. The van der Waals surface area contributed by atoms with Crippen LogP contribution >= 0.6 is 23.1 Å². The van der Waals surface area contributed by atoms with Gasteiger partial charge in [0, 0.05) is 115 Å². The van der Waals surface area contributed by atoms with E-state index in [-0.39, 0.29) is 57.4 Å². The number of benzene rings is 8. The third-order valence-corrected chi connectivity index (χ3v) is 19.3.